The number of hydrogen-bond donors (Lipinski definition) is 1. The Labute approximate surface area is 104 Å². The van der Waals surface area contributed by atoms with Crippen LogP contribution in [-0.2, 0) is 0 Å². The molecule has 0 saturated heterocycles. The second-order valence-electron chi connectivity index (χ2n) is 4.30. The molecule has 2 rings (SSSR count). The Hall–Kier alpha value is 0.140. The van der Waals surface area contributed by atoms with Crippen molar-refractivity contribution in [1.82, 2.24) is 5.32 Å². The predicted molar refractivity (Wildman–Crippen MR) is 70.4 cm³/mol. The molecule has 1 fully saturated rings. The first-order valence-corrected chi connectivity index (χ1v) is 7.44. The van der Waals surface area contributed by atoms with Crippen LogP contribution in [0.15, 0.2) is 15.9 Å². The van der Waals surface area contributed by atoms with Gasteiger partial charge in [-0.15, -0.1) is 11.3 Å². The fraction of sp³-hybridized carbons (Fsp3) is 0.667. The highest BCUT2D eigenvalue weighted by Gasteiger charge is 2.23. The highest BCUT2D eigenvalue weighted by Crippen LogP contribution is 2.37. The van der Waals surface area contributed by atoms with E-state index in [0.717, 1.165) is 12.5 Å². The van der Waals surface area contributed by atoms with Crippen molar-refractivity contribution in [2.75, 3.05) is 6.54 Å². The molecular formula is C12H18BrNS. The van der Waals surface area contributed by atoms with Crippen molar-refractivity contribution in [3.63, 3.8) is 0 Å². The van der Waals surface area contributed by atoms with Crippen LogP contribution in [0, 0.1) is 5.92 Å². The topological polar surface area (TPSA) is 12.0 Å². The largest absolute Gasteiger partial charge is 0.310 e. The van der Waals surface area contributed by atoms with E-state index >= 15 is 0 Å². The lowest BCUT2D eigenvalue weighted by atomic mass is 10.1. The fourth-order valence-electron chi connectivity index (χ4n) is 1.91. The van der Waals surface area contributed by atoms with Gasteiger partial charge in [0.05, 0.1) is 0 Å². The van der Waals surface area contributed by atoms with E-state index in [1.54, 1.807) is 0 Å². The third-order valence-electron chi connectivity index (χ3n) is 2.94. The third kappa shape index (κ3) is 3.58. The Kier molecular flexibility index (Phi) is 4.23. The van der Waals surface area contributed by atoms with Crippen LogP contribution in [0.2, 0.25) is 0 Å². The van der Waals surface area contributed by atoms with Gasteiger partial charge in [0, 0.05) is 20.8 Å². The molecule has 1 N–H and O–H groups in total. The van der Waals surface area contributed by atoms with Crippen LogP contribution in [0.25, 0.3) is 0 Å². The fourth-order valence-corrected chi connectivity index (χ4v) is 3.47. The molecule has 1 aliphatic carbocycles. The van der Waals surface area contributed by atoms with E-state index in [4.69, 9.17) is 0 Å². The highest BCUT2D eigenvalue weighted by atomic mass is 79.9. The molecule has 0 bridgehead atoms. The van der Waals surface area contributed by atoms with Gasteiger partial charge in [0.15, 0.2) is 0 Å². The Morgan fingerprint density at radius 1 is 1.60 bits per heavy atom. The lowest BCUT2D eigenvalue weighted by Gasteiger charge is -2.15. The molecule has 0 aromatic carbocycles. The molecule has 1 atom stereocenters. The van der Waals surface area contributed by atoms with E-state index in [-0.39, 0.29) is 0 Å². The van der Waals surface area contributed by atoms with Crippen LogP contribution >= 0.6 is 27.3 Å². The van der Waals surface area contributed by atoms with Crippen LogP contribution in [0.5, 0.6) is 0 Å². The minimum absolute atomic E-state index is 0.576. The number of rotatable bonds is 6. The lowest BCUT2D eigenvalue weighted by Crippen LogP contribution is -2.20. The van der Waals surface area contributed by atoms with E-state index in [2.05, 4.69) is 39.6 Å². The summed E-state index contributed by atoms with van der Waals surface area (Å²) in [5, 5.41) is 5.76. The SMILES string of the molecule is CCNC(CCC1CC1)c1cc(Br)cs1. The first-order chi connectivity index (χ1) is 7.29. The summed E-state index contributed by atoms with van der Waals surface area (Å²) >= 11 is 5.39. The smallest absolute Gasteiger partial charge is 0.0415 e. The molecular weight excluding hydrogens is 270 g/mol. The maximum atomic E-state index is 3.58. The summed E-state index contributed by atoms with van der Waals surface area (Å²) in [5.74, 6) is 1.04. The molecule has 1 aliphatic rings. The van der Waals surface area contributed by atoms with Crippen molar-refractivity contribution >= 4 is 27.3 Å². The molecule has 1 saturated carbocycles. The number of nitrogens with one attached hydrogen (secondary N) is 1. The van der Waals surface area contributed by atoms with Crippen molar-refractivity contribution in [3.8, 4) is 0 Å². The highest BCUT2D eigenvalue weighted by molar-refractivity contribution is 9.10. The van der Waals surface area contributed by atoms with Crippen LogP contribution in [0.4, 0.5) is 0 Å². The number of halogens is 1. The first-order valence-electron chi connectivity index (χ1n) is 5.77. The maximum absolute atomic E-state index is 3.58. The Morgan fingerprint density at radius 3 is 2.93 bits per heavy atom. The lowest BCUT2D eigenvalue weighted by molar-refractivity contribution is 0.488. The minimum Gasteiger partial charge on any atom is -0.310 e. The second-order valence-corrected chi connectivity index (χ2v) is 6.16. The zero-order valence-electron chi connectivity index (χ0n) is 9.13. The summed E-state index contributed by atoms with van der Waals surface area (Å²) in [5.41, 5.74) is 0. The van der Waals surface area contributed by atoms with Crippen LogP contribution in [0.3, 0.4) is 0 Å². The summed E-state index contributed by atoms with van der Waals surface area (Å²) in [7, 11) is 0. The van der Waals surface area contributed by atoms with E-state index < -0.39 is 0 Å². The second kappa shape index (κ2) is 5.46. The number of hydrogen-bond acceptors (Lipinski definition) is 2. The van der Waals surface area contributed by atoms with Crippen LogP contribution in [-0.4, -0.2) is 6.54 Å². The van der Waals surface area contributed by atoms with Gasteiger partial charge >= 0.3 is 0 Å². The van der Waals surface area contributed by atoms with Gasteiger partial charge in [-0.2, -0.15) is 0 Å². The quantitative estimate of drug-likeness (QED) is 0.820. The van der Waals surface area contributed by atoms with Gasteiger partial charge in [0.2, 0.25) is 0 Å². The molecule has 0 amide bonds. The van der Waals surface area contributed by atoms with Gasteiger partial charge in [-0.25, -0.2) is 0 Å². The van der Waals surface area contributed by atoms with Crippen LogP contribution < -0.4 is 5.32 Å². The normalized spacial score (nSPS) is 18.0. The van der Waals surface area contributed by atoms with Crippen molar-refractivity contribution in [2.24, 2.45) is 5.92 Å². The predicted octanol–water partition coefficient (Wildman–Crippen LogP) is 4.35. The monoisotopic (exact) mass is 287 g/mol. The summed E-state index contributed by atoms with van der Waals surface area (Å²) in [4.78, 5) is 1.48. The summed E-state index contributed by atoms with van der Waals surface area (Å²) in [6, 6.07) is 2.83. The molecule has 1 heterocycles. The summed E-state index contributed by atoms with van der Waals surface area (Å²) < 4.78 is 1.22. The van der Waals surface area contributed by atoms with Crippen LogP contribution in [0.1, 0.15) is 43.5 Å². The molecule has 0 spiro atoms. The Bertz CT molecular complexity index is 306. The zero-order valence-corrected chi connectivity index (χ0v) is 11.5. The molecule has 3 heteroatoms. The van der Waals surface area contributed by atoms with E-state index in [1.807, 2.05) is 11.3 Å². The zero-order chi connectivity index (χ0) is 10.7. The Balaban J connectivity index is 1.91. The molecule has 1 aromatic heterocycles. The van der Waals surface area contributed by atoms with Crippen molar-refractivity contribution in [2.45, 2.75) is 38.6 Å². The molecule has 0 radical (unpaired) electrons. The van der Waals surface area contributed by atoms with E-state index in [9.17, 15) is 0 Å². The van der Waals surface area contributed by atoms with Gasteiger partial charge in [0.1, 0.15) is 0 Å². The Morgan fingerprint density at radius 2 is 2.40 bits per heavy atom. The summed E-state index contributed by atoms with van der Waals surface area (Å²) in [6.07, 6.45) is 5.62. The molecule has 84 valence electrons. The van der Waals surface area contributed by atoms with Crippen molar-refractivity contribution < 1.29 is 0 Å². The van der Waals surface area contributed by atoms with Gasteiger partial charge < -0.3 is 5.32 Å². The van der Waals surface area contributed by atoms with E-state index in [0.29, 0.717) is 6.04 Å². The van der Waals surface area contributed by atoms with E-state index in [1.165, 1.54) is 35.0 Å². The molecule has 1 aromatic rings. The van der Waals surface area contributed by atoms with Gasteiger partial charge in [-0.3, -0.25) is 0 Å². The summed E-state index contributed by atoms with van der Waals surface area (Å²) in [6.45, 7) is 3.25. The van der Waals surface area contributed by atoms with Crippen molar-refractivity contribution in [3.05, 3.63) is 20.8 Å². The molecule has 15 heavy (non-hydrogen) atoms. The molecule has 0 aliphatic heterocycles. The minimum atomic E-state index is 0.576. The van der Waals surface area contributed by atoms with Gasteiger partial charge in [-0.1, -0.05) is 19.8 Å². The molecule has 1 nitrogen and oxygen atoms in total. The standard InChI is InChI=1S/C12H18BrNS/c1-2-14-11(6-5-9-3-4-9)12-7-10(13)8-15-12/h7-9,11,14H,2-6H2,1H3. The van der Waals surface area contributed by atoms with Gasteiger partial charge in [0.25, 0.3) is 0 Å². The van der Waals surface area contributed by atoms with Crippen molar-refractivity contribution in [1.29, 1.82) is 0 Å². The maximum Gasteiger partial charge on any atom is 0.0415 e. The van der Waals surface area contributed by atoms with Gasteiger partial charge in [-0.05, 0) is 47.3 Å². The first kappa shape index (κ1) is 11.6. The average molecular weight is 288 g/mol. The molecule has 1 unspecified atom stereocenters. The number of thiophene rings is 1. The average Bonchev–Trinajstić information content (AvgIpc) is 2.95. The third-order valence-corrected chi connectivity index (χ3v) is 4.75.